The van der Waals surface area contributed by atoms with E-state index in [4.69, 9.17) is 19.4 Å². The molecule has 3 N–H and O–H groups in total. The third-order valence-corrected chi connectivity index (χ3v) is 16.1. The van der Waals surface area contributed by atoms with Crippen molar-refractivity contribution in [2.45, 2.75) is 126 Å². The smallest absolute Gasteiger partial charge is 0.419 e. The molecule has 3 amide bonds. The Morgan fingerprint density at radius 2 is 1.83 bits per heavy atom. The number of aryl methyl sites for hydroxylation is 1. The third-order valence-electron chi connectivity index (χ3n) is 13.1. The van der Waals surface area contributed by atoms with Crippen LogP contribution in [0.5, 0.6) is 11.5 Å². The highest BCUT2D eigenvalue weighted by atomic mass is 32.2. The number of ether oxygens (including phenoxy) is 2. The lowest BCUT2D eigenvalue weighted by molar-refractivity contribution is -0.140. The van der Waals surface area contributed by atoms with Crippen molar-refractivity contribution in [3.8, 4) is 22.2 Å². The number of sulfonamides is 1. The maximum atomic E-state index is 14.9. The van der Waals surface area contributed by atoms with Crippen molar-refractivity contribution in [1.29, 1.82) is 0 Å². The van der Waals surface area contributed by atoms with Crippen molar-refractivity contribution in [2.24, 2.45) is 5.92 Å². The summed E-state index contributed by atoms with van der Waals surface area (Å²) in [6.07, 6.45) is 1.19. The molecule has 65 heavy (non-hydrogen) atoms. The largest absolute Gasteiger partial charge is 0.496 e. The number of nitrogens with zero attached hydrogens (tertiary/aromatic N) is 3. The number of fused-ring (bicyclic) bond motifs is 3. The lowest BCUT2D eigenvalue weighted by Gasteiger charge is -2.30. The first-order valence-corrected chi connectivity index (χ1v) is 24.2. The Morgan fingerprint density at radius 3 is 2.52 bits per heavy atom. The molecule has 3 fully saturated rings. The zero-order chi connectivity index (χ0) is 46.6. The molecule has 8 rings (SSSR count). The van der Waals surface area contributed by atoms with Crippen LogP contribution in [0.4, 0.5) is 23.2 Å². The highest BCUT2D eigenvalue weighted by Gasteiger charge is 2.63. The van der Waals surface area contributed by atoms with Gasteiger partial charge in [0.1, 0.15) is 51.7 Å². The van der Waals surface area contributed by atoms with Gasteiger partial charge in [-0.2, -0.15) is 13.2 Å². The van der Waals surface area contributed by atoms with Gasteiger partial charge in [0, 0.05) is 40.4 Å². The number of anilines is 1. The van der Waals surface area contributed by atoms with Crippen molar-refractivity contribution >= 4 is 55.7 Å². The number of methoxy groups -OCH3 is 1. The third kappa shape index (κ3) is 9.27. The molecule has 4 aromatic rings. The minimum absolute atomic E-state index is 0.0727. The van der Waals surface area contributed by atoms with Gasteiger partial charge in [0.15, 0.2) is 0 Å². The number of thiazole rings is 1. The lowest BCUT2D eigenvalue weighted by atomic mass is 10.0. The average molecular weight is 941 g/mol. The normalized spacial score (nSPS) is 24.7. The molecule has 348 valence electrons. The van der Waals surface area contributed by atoms with E-state index in [1.165, 1.54) is 16.2 Å². The fourth-order valence-corrected chi connectivity index (χ4v) is 10.9. The van der Waals surface area contributed by atoms with E-state index in [9.17, 15) is 40.4 Å². The highest BCUT2D eigenvalue weighted by Crippen LogP contribution is 2.48. The van der Waals surface area contributed by atoms with Gasteiger partial charge in [-0.15, -0.1) is 11.3 Å². The Hall–Kier alpha value is -5.30. The van der Waals surface area contributed by atoms with Gasteiger partial charge in [0.25, 0.3) is 5.91 Å². The van der Waals surface area contributed by atoms with E-state index in [-0.39, 0.29) is 37.4 Å². The molecule has 0 spiro atoms. The molecular formula is C46H52F4N6O7S2. The number of carbonyl (C=O) groups excluding carboxylic acids is 3. The number of aromatic nitrogens is 2. The molecule has 5 atom stereocenters. The van der Waals surface area contributed by atoms with Crippen molar-refractivity contribution in [1.82, 2.24) is 24.9 Å². The molecule has 0 bridgehead atoms. The van der Waals surface area contributed by atoms with Gasteiger partial charge < -0.3 is 25.0 Å². The first-order chi connectivity index (χ1) is 30.7. The molecule has 4 aliphatic rings. The molecule has 2 aliphatic carbocycles. The zero-order valence-electron chi connectivity index (χ0n) is 36.7. The molecule has 2 aromatic carbocycles. The van der Waals surface area contributed by atoms with E-state index in [0.29, 0.717) is 83.8 Å². The molecule has 0 unspecified atom stereocenters. The number of amides is 3. The van der Waals surface area contributed by atoms with Crippen LogP contribution in [0.2, 0.25) is 0 Å². The van der Waals surface area contributed by atoms with Crippen LogP contribution in [0, 0.1) is 18.7 Å². The minimum Gasteiger partial charge on any atom is -0.496 e. The summed E-state index contributed by atoms with van der Waals surface area (Å²) in [5.74, 6) is -3.08. The van der Waals surface area contributed by atoms with E-state index < -0.39 is 79.7 Å². The summed E-state index contributed by atoms with van der Waals surface area (Å²) >= 11 is 1.43. The highest BCUT2D eigenvalue weighted by molar-refractivity contribution is 7.91. The van der Waals surface area contributed by atoms with Crippen LogP contribution in [-0.2, 0) is 30.6 Å². The predicted molar refractivity (Wildman–Crippen MR) is 237 cm³/mol. The van der Waals surface area contributed by atoms with E-state index in [0.717, 1.165) is 17.3 Å². The number of nitrogens with one attached hydrogen (secondary N) is 3. The molecule has 19 heteroatoms. The summed E-state index contributed by atoms with van der Waals surface area (Å²) in [6.45, 7) is 7.34. The van der Waals surface area contributed by atoms with Gasteiger partial charge in [-0.1, -0.05) is 38.8 Å². The Balaban J connectivity index is 1.17. The summed E-state index contributed by atoms with van der Waals surface area (Å²) in [7, 11) is -2.53. The maximum Gasteiger partial charge on any atom is 0.419 e. The SMILES string of the molecule is COc1ccc2c(O[C@@H]3C[C@H]4C(=O)N[C@]5(C(=O)NS(=O)(=O)C6(C)CC6)C[C@H]5C=CCCCCC[C@H](Nc5ccc(F)c(C(F)(F)F)c5)C(=O)N4C3)cc(-c3nc(C(C)C)cs3)nc2c1C. The molecule has 2 saturated carbocycles. The molecule has 0 radical (unpaired) electrons. The van der Waals surface area contributed by atoms with E-state index >= 15 is 0 Å². The molecule has 2 aliphatic heterocycles. The van der Waals surface area contributed by atoms with Gasteiger partial charge in [0.2, 0.25) is 21.8 Å². The first-order valence-electron chi connectivity index (χ1n) is 21.8. The topological polar surface area (TPSA) is 169 Å². The first kappa shape index (κ1) is 46.2. The summed E-state index contributed by atoms with van der Waals surface area (Å²) in [5, 5.41) is 9.01. The number of alkyl halides is 3. The standard InChI is InChI=1S/C46H52F4N6O7S2/c1-25(2)35-24-64-41(53-35)34-21-38(30-14-16-37(62-5)26(3)39(30)52-34)63-29-20-36-40(57)54-45(43(59)55-65(60,61)44(4)17-18-44)22-27(45)11-9-7-6-8-10-12-33(42(58)56(36)23-29)51-28-13-15-32(47)31(19-28)46(48,49)50/h9,11,13-16,19,21,24-25,27,29,33,36,51H,6-8,10,12,17-18,20,22-23H2,1-5H3,(H,54,57)(H,55,59)/t27-,29-,33+,36+,45-/m1/s1. The second-order valence-electron chi connectivity index (χ2n) is 18.1. The van der Waals surface area contributed by atoms with E-state index in [1.807, 2.05) is 32.2 Å². The van der Waals surface area contributed by atoms with Crippen LogP contribution in [0.3, 0.4) is 0 Å². The Morgan fingerprint density at radius 1 is 1.06 bits per heavy atom. The lowest BCUT2D eigenvalue weighted by Crippen LogP contribution is -2.58. The van der Waals surface area contributed by atoms with Crippen LogP contribution in [-0.4, -0.2) is 83.1 Å². The second kappa shape index (κ2) is 17.5. The molecule has 4 heterocycles. The summed E-state index contributed by atoms with van der Waals surface area (Å²) in [6, 6.07) is 5.35. The molecule has 13 nitrogen and oxygen atoms in total. The van der Waals surface area contributed by atoms with Crippen LogP contribution >= 0.6 is 11.3 Å². The number of benzene rings is 2. The van der Waals surface area contributed by atoms with Crippen LogP contribution in [0.15, 0.2) is 53.9 Å². The van der Waals surface area contributed by atoms with Gasteiger partial charge in [-0.3, -0.25) is 19.1 Å². The Labute approximate surface area is 378 Å². The quantitative estimate of drug-likeness (QED) is 0.104. The summed E-state index contributed by atoms with van der Waals surface area (Å²) < 4.78 is 96.0. The number of carbonyl (C=O) groups is 3. The van der Waals surface area contributed by atoms with Crippen molar-refractivity contribution < 1.29 is 49.8 Å². The van der Waals surface area contributed by atoms with Gasteiger partial charge in [0.05, 0.1) is 35.2 Å². The van der Waals surface area contributed by atoms with Crippen LogP contribution in [0.25, 0.3) is 21.6 Å². The predicted octanol–water partition coefficient (Wildman–Crippen LogP) is 8.18. The van der Waals surface area contributed by atoms with Crippen molar-refractivity contribution in [3.05, 3.63) is 76.6 Å². The summed E-state index contributed by atoms with van der Waals surface area (Å²) in [5.41, 5.74) is -0.534. The van der Waals surface area contributed by atoms with Gasteiger partial charge in [-0.25, -0.2) is 22.8 Å². The van der Waals surface area contributed by atoms with E-state index in [1.54, 1.807) is 38.3 Å². The number of halogens is 4. The second-order valence-corrected chi connectivity index (χ2v) is 21.2. The maximum absolute atomic E-state index is 14.9. The number of pyridine rings is 1. The molecule has 2 aromatic heterocycles. The fraction of sp³-hybridized carbons (Fsp3) is 0.500. The Bertz CT molecular complexity index is 2670. The van der Waals surface area contributed by atoms with Gasteiger partial charge >= 0.3 is 6.18 Å². The average Bonchev–Trinajstić information content (AvgIpc) is 4.02. The number of hydrogen-bond donors (Lipinski definition) is 3. The number of hydrogen-bond acceptors (Lipinski definition) is 11. The monoisotopic (exact) mass is 940 g/mol. The summed E-state index contributed by atoms with van der Waals surface area (Å²) in [4.78, 5) is 54.8. The van der Waals surface area contributed by atoms with E-state index in [2.05, 4.69) is 15.4 Å². The van der Waals surface area contributed by atoms with Crippen LogP contribution < -0.4 is 24.8 Å². The van der Waals surface area contributed by atoms with Gasteiger partial charge in [-0.05, 0) is 88.6 Å². The number of allylic oxidation sites excluding steroid dienone is 1. The zero-order valence-corrected chi connectivity index (χ0v) is 38.3. The number of rotatable bonds is 10. The minimum atomic E-state index is -5.00. The van der Waals surface area contributed by atoms with Crippen LogP contribution in [0.1, 0.15) is 101 Å². The van der Waals surface area contributed by atoms with Crippen molar-refractivity contribution in [2.75, 3.05) is 19.0 Å². The Kier molecular flexibility index (Phi) is 12.4. The van der Waals surface area contributed by atoms with Crippen molar-refractivity contribution in [3.63, 3.8) is 0 Å². The molecule has 1 saturated heterocycles. The fourth-order valence-electron chi connectivity index (χ4n) is 8.64. The molecular weight excluding hydrogens is 889 g/mol.